The van der Waals surface area contributed by atoms with Gasteiger partial charge in [0.2, 0.25) is 11.8 Å². The van der Waals surface area contributed by atoms with Gasteiger partial charge < -0.3 is 19.5 Å². The number of anilines is 1. The summed E-state index contributed by atoms with van der Waals surface area (Å²) in [6.07, 6.45) is 1.52. The highest BCUT2D eigenvalue weighted by Crippen LogP contribution is 2.11. The van der Waals surface area contributed by atoms with E-state index in [9.17, 15) is 4.79 Å². The number of aromatic nitrogens is 2. The molecule has 0 radical (unpaired) electrons. The first-order valence-corrected chi connectivity index (χ1v) is 5.00. The van der Waals surface area contributed by atoms with E-state index >= 15 is 0 Å². The number of methoxy groups -OCH3 is 2. The van der Waals surface area contributed by atoms with Gasteiger partial charge in [-0.3, -0.25) is 4.79 Å². The maximum absolute atomic E-state index is 10.7. The van der Waals surface area contributed by atoms with Crippen molar-refractivity contribution in [1.29, 1.82) is 0 Å². The second-order valence-corrected chi connectivity index (χ2v) is 3.21. The van der Waals surface area contributed by atoms with Gasteiger partial charge >= 0.3 is 5.97 Å². The lowest BCUT2D eigenvalue weighted by Gasteiger charge is -2.20. The van der Waals surface area contributed by atoms with E-state index in [2.05, 4.69) is 9.97 Å². The van der Waals surface area contributed by atoms with Crippen LogP contribution >= 0.6 is 0 Å². The molecule has 0 aliphatic carbocycles. The summed E-state index contributed by atoms with van der Waals surface area (Å²) in [6, 6.07) is 1.60. The second-order valence-electron chi connectivity index (χ2n) is 3.21. The van der Waals surface area contributed by atoms with E-state index in [-0.39, 0.29) is 6.54 Å². The monoisotopic (exact) mass is 241 g/mol. The van der Waals surface area contributed by atoms with E-state index in [0.717, 1.165) is 0 Å². The molecule has 17 heavy (non-hydrogen) atoms. The van der Waals surface area contributed by atoms with Crippen LogP contribution in [0.15, 0.2) is 12.3 Å². The quantitative estimate of drug-likeness (QED) is 0.720. The molecule has 7 heteroatoms. The fourth-order valence-corrected chi connectivity index (χ4v) is 1.21. The Balaban J connectivity index is 2.82. The van der Waals surface area contributed by atoms with Crippen molar-refractivity contribution < 1.29 is 19.4 Å². The molecule has 1 heterocycles. The zero-order valence-electron chi connectivity index (χ0n) is 9.79. The van der Waals surface area contributed by atoms with E-state index in [0.29, 0.717) is 25.0 Å². The minimum atomic E-state index is -0.951. The summed E-state index contributed by atoms with van der Waals surface area (Å²) in [6.45, 7) is 0.611. The van der Waals surface area contributed by atoms with Crippen LogP contribution < -0.4 is 9.64 Å². The van der Waals surface area contributed by atoms with Gasteiger partial charge in [-0.2, -0.15) is 4.98 Å². The number of carbonyl (C=O) groups is 1. The number of nitrogens with zero attached hydrogens (tertiary/aromatic N) is 3. The van der Waals surface area contributed by atoms with Crippen LogP contribution in [0.3, 0.4) is 0 Å². The number of ether oxygens (including phenoxy) is 2. The summed E-state index contributed by atoms with van der Waals surface area (Å²) in [4.78, 5) is 20.3. The molecule has 0 saturated carbocycles. The van der Waals surface area contributed by atoms with E-state index < -0.39 is 5.97 Å². The molecular formula is C10H15N3O4. The number of rotatable bonds is 7. The number of carboxylic acid groups (broad SMARTS) is 1. The Labute approximate surface area is 99.0 Å². The van der Waals surface area contributed by atoms with Gasteiger partial charge in [-0.1, -0.05) is 0 Å². The van der Waals surface area contributed by atoms with Crippen molar-refractivity contribution in [3.05, 3.63) is 12.3 Å². The summed E-state index contributed by atoms with van der Waals surface area (Å²) in [7, 11) is 3.04. The van der Waals surface area contributed by atoms with Gasteiger partial charge in [-0.15, -0.1) is 0 Å². The summed E-state index contributed by atoms with van der Waals surface area (Å²) in [5, 5.41) is 8.80. The molecule has 0 aromatic carbocycles. The Kier molecular flexibility index (Phi) is 5.15. The van der Waals surface area contributed by atoms with Gasteiger partial charge in [0.1, 0.15) is 6.54 Å². The van der Waals surface area contributed by atoms with Crippen LogP contribution in [0.4, 0.5) is 5.95 Å². The number of hydrogen-bond acceptors (Lipinski definition) is 6. The van der Waals surface area contributed by atoms with Crippen molar-refractivity contribution in [3.63, 3.8) is 0 Å². The molecule has 0 bridgehead atoms. The third kappa shape index (κ3) is 4.23. The Hall–Kier alpha value is -1.89. The molecule has 0 fully saturated rings. The lowest BCUT2D eigenvalue weighted by molar-refractivity contribution is -0.135. The number of carboxylic acids is 1. The van der Waals surface area contributed by atoms with Gasteiger partial charge in [0, 0.05) is 25.9 Å². The van der Waals surface area contributed by atoms with E-state index in [1.165, 1.54) is 18.2 Å². The van der Waals surface area contributed by atoms with E-state index in [1.54, 1.807) is 13.2 Å². The maximum Gasteiger partial charge on any atom is 0.323 e. The average Bonchev–Trinajstić information content (AvgIpc) is 2.34. The predicted molar refractivity (Wildman–Crippen MR) is 60.3 cm³/mol. The van der Waals surface area contributed by atoms with Crippen LogP contribution in [0, 0.1) is 0 Å². The van der Waals surface area contributed by atoms with Crippen molar-refractivity contribution in [2.24, 2.45) is 0 Å². The van der Waals surface area contributed by atoms with Crippen molar-refractivity contribution in [2.75, 3.05) is 38.8 Å². The van der Waals surface area contributed by atoms with Gasteiger partial charge in [-0.25, -0.2) is 4.98 Å². The summed E-state index contributed by atoms with van der Waals surface area (Å²) in [5.41, 5.74) is 0. The van der Waals surface area contributed by atoms with Crippen molar-refractivity contribution in [2.45, 2.75) is 0 Å². The highest BCUT2D eigenvalue weighted by Gasteiger charge is 2.13. The Morgan fingerprint density at radius 1 is 1.53 bits per heavy atom. The zero-order chi connectivity index (χ0) is 12.7. The maximum atomic E-state index is 10.7. The van der Waals surface area contributed by atoms with Crippen LogP contribution in [0.5, 0.6) is 5.88 Å². The van der Waals surface area contributed by atoms with E-state index in [4.69, 9.17) is 14.6 Å². The SMILES string of the molecule is COCCN(CC(=O)O)c1nccc(OC)n1. The van der Waals surface area contributed by atoms with Crippen molar-refractivity contribution >= 4 is 11.9 Å². The number of aliphatic carboxylic acids is 1. The second kappa shape index (κ2) is 6.64. The Bertz CT molecular complexity index is 372. The van der Waals surface area contributed by atoms with Gasteiger partial charge in [0.25, 0.3) is 0 Å². The fraction of sp³-hybridized carbons (Fsp3) is 0.500. The highest BCUT2D eigenvalue weighted by atomic mass is 16.5. The smallest absolute Gasteiger partial charge is 0.323 e. The third-order valence-corrected chi connectivity index (χ3v) is 2.00. The molecule has 0 atom stereocenters. The van der Waals surface area contributed by atoms with E-state index in [1.807, 2.05) is 0 Å². The normalized spacial score (nSPS) is 10.0. The molecule has 1 N–H and O–H groups in total. The molecule has 0 saturated heterocycles. The Morgan fingerprint density at radius 3 is 2.88 bits per heavy atom. The predicted octanol–water partition coefficient (Wildman–Crippen LogP) is 0.0226. The van der Waals surface area contributed by atoms with Crippen LogP contribution in [-0.2, 0) is 9.53 Å². The van der Waals surface area contributed by atoms with Crippen molar-refractivity contribution in [1.82, 2.24) is 9.97 Å². The third-order valence-electron chi connectivity index (χ3n) is 2.00. The molecular weight excluding hydrogens is 226 g/mol. The van der Waals surface area contributed by atoms with Gasteiger partial charge in [0.05, 0.1) is 13.7 Å². The Morgan fingerprint density at radius 2 is 2.29 bits per heavy atom. The number of hydrogen-bond donors (Lipinski definition) is 1. The molecule has 0 aliphatic rings. The topological polar surface area (TPSA) is 84.8 Å². The molecule has 1 aromatic heterocycles. The summed E-state index contributed by atoms with van der Waals surface area (Å²) >= 11 is 0. The van der Waals surface area contributed by atoms with Crippen LogP contribution in [0.25, 0.3) is 0 Å². The minimum absolute atomic E-state index is 0.184. The highest BCUT2D eigenvalue weighted by molar-refractivity contribution is 5.72. The lowest BCUT2D eigenvalue weighted by atomic mass is 10.5. The molecule has 0 amide bonds. The van der Waals surface area contributed by atoms with Crippen LogP contribution in [0.2, 0.25) is 0 Å². The average molecular weight is 241 g/mol. The molecule has 0 aliphatic heterocycles. The molecule has 1 aromatic rings. The largest absolute Gasteiger partial charge is 0.481 e. The lowest BCUT2D eigenvalue weighted by Crippen LogP contribution is -2.34. The minimum Gasteiger partial charge on any atom is -0.481 e. The fourth-order valence-electron chi connectivity index (χ4n) is 1.21. The first kappa shape index (κ1) is 13.2. The van der Waals surface area contributed by atoms with Crippen LogP contribution in [0.1, 0.15) is 0 Å². The molecule has 94 valence electrons. The standard InChI is InChI=1S/C10H15N3O4/c1-16-6-5-13(7-9(14)15)10-11-4-3-8(12-10)17-2/h3-4H,5-7H2,1-2H3,(H,14,15). The summed E-state index contributed by atoms with van der Waals surface area (Å²) < 4.78 is 9.87. The summed E-state index contributed by atoms with van der Waals surface area (Å²) in [5.74, 6) is -0.251. The molecule has 0 unspecified atom stereocenters. The first-order chi connectivity index (χ1) is 8.17. The van der Waals surface area contributed by atoms with Gasteiger partial charge in [0.15, 0.2) is 0 Å². The molecule has 7 nitrogen and oxygen atoms in total. The van der Waals surface area contributed by atoms with Gasteiger partial charge in [-0.05, 0) is 0 Å². The van der Waals surface area contributed by atoms with Crippen LogP contribution in [-0.4, -0.2) is 55.0 Å². The molecule has 1 rings (SSSR count). The zero-order valence-corrected chi connectivity index (χ0v) is 9.79. The molecule has 0 spiro atoms. The first-order valence-electron chi connectivity index (χ1n) is 5.00. The van der Waals surface area contributed by atoms with Crippen molar-refractivity contribution in [3.8, 4) is 5.88 Å².